The fraction of sp³-hybridized carbons (Fsp3) is 0.333. The van der Waals surface area contributed by atoms with Crippen LogP contribution in [0.4, 0.5) is 0 Å². The molecule has 0 spiro atoms. The molecule has 1 fully saturated rings. The minimum atomic E-state index is 0.0546. The molecular weight excluding hydrogens is 358 g/mol. The molecule has 0 radical (unpaired) electrons. The zero-order valence-corrected chi connectivity index (χ0v) is 16.0. The average Bonchev–Trinajstić information content (AvgIpc) is 3.45. The van der Waals surface area contributed by atoms with E-state index in [9.17, 15) is 4.79 Å². The fourth-order valence-electron chi connectivity index (χ4n) is 3.42. The SMILES string of the molecule is O=C(c1cccc(Cn2cccn2)c1)N(Cc1ccsc1)CC1CCCO1. The number of amides is 1. The van der Waals surface area contributed by atoms with Gasteiger partial charge in [-0.15, -0.1) is 0 Å². The zero-order valence-electron chi connectivity index (χ0n) is 15.2. The van der Waals surface area contributed by atoms with E-state index in [1.165, 1.54) is 5.56 Å². The Labute approximate surface area is 163 Å². The third kappa shape index (κ3) is 4.64. The van der Waals surface area contributed by atoms with Crippen LogP contribution < -0.4 is 0 Å². The number of aromatic nitrogens is 2. The Kier molecular flexibility index (Phi) is 5.65. The van der Waals surface area contributed by atoms with Crippen molar-refractivity contribution in [2.45, 2.75) is 32.0 Å². The normalized spacial score (nSPS) is 16.5. The minimum Gasteiger partial charge on any atom is -0.376 e. The summed E-state index contributed by atoms with van der Waals surface area (Å²) in [6, 6.07) is 11.8. The van der Waals surface area contributed by atoms with Crippen LogP contribution in [0.2, 0.25) is 0 Å². The summed E-state index contributed by atoms with van der Waals surface area (Å²) in [5.41, 5.74) is 2.95. The van der Waals surface area contributed by atoms with Gasteiger partial charge in [0, 0.05) is 37.7 Å². The average molecular weight is 382 g/mol. The molecule has 0 aliphatic carbocycles. The number of hydrogen-bond acceptors (Lipinski definition) is 4. The summed E-state index contributed by atoms with van der Waals surface area (Å²) < 4.78 is 7.64. The molecule has 2 aromatic heterocycles. The van der Waals surface area contributed by atoms with E-state index in [1.54, 1.807) is 17.5 Å². The van der Waals surface area contributed by atoms with Crippen molar-refractivity contribution >= 4 is 17.2 Å². The maximum Gasteiger partial charge on any atom is 0.254 e. The molecule has 3 aromatic rings. The van der Waals surface area contributed by atoms with Gasteiger partial charge < -0.3 is 9.64 Å². The number of benzene rings is 1. The predicted octanol–water partition coefficient (Wildman–Crippen LogP) is 3.81. The Bertz CT molecular complexity index is 855. The van der Waals surface area contributed by atoms with Crippen LogP contribution in [0.1, 0.15) is 34.3 Å². The molecule has 1 unspecified atom stereocenters. The summed E-state index contributed by atoms with van der Waals surface area (Å²) in [6.45, 7) is 2.71. The number of thiophene rings is 1. The maximum atomic E-state index is 13.3. The molecule has 0 N–H and O–H groups in total. The first-order valence-corrected chi connectivity index (χ1v) is 10.2. The lowest BCUT2D eigenvalue weighted by atomic mass is 10.1. The van der Waals surface area contributed by atoms with Crippen LogP contribution in [-0.2, 0) is 17.8 Å². The van der Waals surface area contributed by atoms with E-state index in [0.717, 1.165) is 25.0 Å². The van der Waals surface area contributed by atoms with E-state index < -0.39 is 0 Å². The fourth-order valence-corrected chi connectivity index (χ4v) is 4.08. The molecule has 1 saturated heterocycles. The number of carbonyl (C=O) groups excluding carboxylic acids is 1. The van der Waals surface area contributed by atoms with Crippen molar-refractivity contribution in [2.24, 2.45) is 0 Å². The van der Waals surface area contributed by atoms with Gasteiger partial charge in [0.1, 0.15) is 0 Å². The number of carbonyl (C=O) groups is 1. The first-order chi connectivity index (χ1) is 13.3. The Morgan fingerprint density at radius 1 is 1.30 bits per heavy atom. The number of hydrogen-bond donors (Lipinski definition) is 0. The largest absolute Gasteiger partial charge is 0.376 e. The molecular formula is C21H23N3O2S. The highest BCUT2D eigenvalue weighted by Crippen LogP contribution is 2.19. The lowest BCUT2D eigenvalue weighted by Gasteiger charge is -2.25. The topological polar surface area (TPSA) is 47.4 Å². The highest BCUT2D eigenvalue weighted by Gasteiger charge is 2.24. The van der Waals surface area contributed by atoms with Gasteiger partial charge in [-0.05, 0) is 59.0 Å². The van der Waals surface area contributed by atoms with Crippen LogP contribution in [-0.4, -0.2) is 39.8 Å². The first kappa shape index (κ1) is 17.9. The second-order valence-corrected chi connectivity index (χ2v) is 7.64. The van der Waals surface area contributed by atoms with Crippen LogP contribution in [0.15, 0.2) is 59.6 Å². The predicted molar refractivity (Wildman–Crippen MR) is 106 cm³/mol. The lowest BCUT2D eigenvalue weighted by Crippen LogP contribution is -2.36. The standard InChI is InChI=1S/C21H23N3O2S/c25-21(19-5-1-4-17(12-19)14-24-9-3-8-22-24)23(13-18-7-11-27-16-18)15-20-6-2-10-26-20/h1,3-5,7-9,11-12,16,20H,2,6,10,13-15H2. The first-order valence-electron chi connectivity index (χ1n) is 9.26. The van der Waals surface area contributed by atoms with Crippen molar-refractivity contribution in [3.63, 3.8) is 0 Å². The molecule has 27 heavy (non-hydrogen) atoms. The van der Waals surface area contributed by atoms with E-state index in [4.69, 9.17) is 4.74 Å². The molecule has 1 amide bonds. The summed E-state index contributed by atoms with van der Waals surface area (Å²) >= 11 is 1.66. The molecule has 1 aromatic carbocycles. The van der Waals surface area contributed by atoms with Gasteiger partial charge in [-0.3, -0.25) is 9.48 Å². The summed E-state index contributed by atoms with van der Waals surface area (Å²) in [7, 11) is 0. The van der Waals surface area contributed by atoms with Gasteiger partial charge in [-0.1, -0.05) is 12.1 Å². The summed E-state index contributed by atoms with van der Waals surface area (Å²) in [5.74, 6) is 0.0546. The molecule has 6 heteroatoms. The molecule has 0 bridgehead atoms. The Hall–Kier alpha value is -2.44. The van der Waals surface area contributed by atoms with Gasteiger partial charge in [0.25, 0.3) is 5.91 Å². The van der Waals surface area contributed by atoms with Crippen LogP contribution >= 0.6 is 11.3 Å². The van der Waals surface area contributed by atoms with Crippen molar-refractivity contribution in [3.8, 4) is 0 Å². The second-order valence-electron chi connectivity index (χ2n) is 6.86. The Morgan fingerprint density at radius 2 is 2.26 bits per heavy atom. The molecule has 4 rings (SSSR count). The zero-order chi connectivity index (χ0) is 18.5. The molecule has 1 aliphatic rings. The maximum absolute atomic E-state index is 13.3. The molecule has 1 atom stereocenters. The molecule has 3 heterocycles. The van der Waals surface area contributed by atoms with E-state index in [1.807, 2.05) is 46.1 Å². The molecule has 0 saturated carbocycles. The monoisotopic (exact) mass is 381 g/mol. The third-order valence-electron chi connectivity index (χ3n) is 4.77. The highest BCUT2D eigenvalue weighted by atomic mass is 32.1. The van der Waals surface area contributed by atoms with Crippen LogP contribution in [0.25, 0.3) is 0 Å². The van der Waals surface area contributed by atoms with E-state index in [0.29, 0.717) is 25.2 Å². The van der Waals surface area contributed by atoms with E-state index in [2.05, 4.69) is 21.9 Å². The van der Waals surface area contributed by atoms with E-state index >= 15 is 0 Å². The molecule has 5 nitrogen and oxygen atoms in total. The van der Waals surface area contributed by atoms with Crippen molar-refractivity contribution < 1.29 is 9.53 Å². The summed E-state index contributed by atoms with van der Waals surface area (Å²) in [6.07, 6.45) is 5.92. The van der Waals surface area contributed by atoms with Gasteiger partial charge in [0.15, 0.2) is 0 Å². The smallest absolute Gasteiger partial charge is 0.254 e. The third-order valence-corrected chi connectivity index (χ3v) is 5.50. The van der Waals surface area contributed by atoms with Crippen LogP contribution in [0, 0.1) is 0 Å². The number of ether oxygens (including phenoxy) is 1. The number of rotatable bonds is 7. The van der Waals surface area contributed by atoms with Gasteiger partial charge in [-0.2, -0.15) is 16.4 Å². The van der Waals surface area contributed by atoms with Gasteiger partial charge in [-0.25, -0.2) is 0 Å². The quantitative estimate of drug-likeness (QED) is 0.625. The van der Waals surface area contributed by atoms with Crippen LogP contribution in [0.3, 0.4) is 0 Å². The van der Waals surface area contributed by atoms with Crippen LogP contribution in [0.5, 0.6) is 0 Å². The number of nitrogens with zero attached hydrogens (tertiary/aromatic N) is 3. The van der Waals surface area contributed by atoms with Gasteiger partial charge in [0.2, 0.25) is 0 Å². The lowest BCUT2D eigenvalue weighted by molar-refractivity contribution is 0.0507. The van der Waals surface area contributed by atoms with Crippen molar-refractivity contribution in [2.75, 3.05) is 13.2 Å². The van der Waals surface area contributed by atoms with Gasteiger partial charge >= 0.3 is 0 Å². The van der Waals surface area contributed by atoms with Crippen molar-refractivity contribution in [1.29, 1.82) is 0 Å². The Morgan fingerprint density at radius 3 is 3.00 bits per heavy atom. The summed E-state index contributed by atoms with van der Waals surface area (Å²) in [4.78, 5) is 15.2. The molecule has 1 aliphatic heterocycles. The summed E-state index contributed by atoms with van der Waals surface area (Å²) in [5, 5.41) is 8.40. The van der Waals surface area contributed by atoms with Crippen molar-refractivity contribution in [3.05, 3.63) is 76.2 Å². The molecule has 140 valence electrons. The second kappa shape index (κ2) is 8.50. The van der Waals surface area contributed by atoms with E-state index in [-0.39, 0.29) is 12.0 Å². The highest BCUT2D eigenvalue weighted by molar-refractivity contribution is 7.07. The van der Waals surface area contributed by atoms with Crippen molar-refractivity contribution in [1.82, 2.24) is 14.7 Å². The van der Waals surface area contributed by atoms with Gasteiger partial charge in [0.05, 0.1) is 12.6 Å². The Balaban J connectivity index is 1.52. The minimum absolute atomic E-state index is 0.0546.